The molecule has 1 fully saturated rings. The number of carbonyl (C=O) groups is 4. The van der Waals surface area contributed by atoms with Crippen LogP contribution >= 0.6 is 0 Å². The van der Waals surface area contributed by atoms with Gasteiger partial charge in [0.1, 0.15) is 11.0 Å². The van der Waals surface area contributed by atoms with E-state index in [9.17, 15) is 23.4 Å². The number of fused-ring (bicyclic) bond motifs is 1. The highest BCUT2D eigenvalue weighted by molar-refractivity contribution is 7.82. The Labute approximate surface area is 302 Å². The van der Waals surface area contributed by atoms with Crippen LogP contribution < -0.4 is 10.6 Å². The highest BCUT2D eigenvalue weighted by Crippen LogP contribution is 2.33. The van der Waals surface area contributed by atoms with Gasteiger partial charge in [-0.2, -0.15) is 5.10 Å². The summed E-state index contributed by atoms with van der Waals surface area (Å²) < 4.78 is 33.5. The highest BCUT2D eigenvalue weighted by Gasteiger charge is 2.26. The number of rotatable bonds is 17. The molecule has 3 heterocycles. The minimum atomic E-state index is -1.53. The summed E-state index contributed by atoms with van der Waals surface area (Å²) in [5.74, 6) is -1.17. The van der Waals surface area contributed by atoms with Gasteiger partial charge in [0, 0.05) is 57.5 Å². The van der Waals surface area contributed by atoms with Crippen LogP contribution in [0.15, 0.2) is 47.6 Å². The van der Waals surface area contributed by atoms with Crippen molar-refractivity contribution in [2.75, 3.05) is 38.9 Å². The molecule has 1 aromatic carbocycles. The molecule has 3 aromatic rings. The molecule has 1 aliphatic rings. The van der Waals surface area contributed by atoms with Crippen LogP contribution in [-0.2, 0) is 50.8 Å². The second-order valence-corrected chi connectivity index (χ2v) is 15.2. The number of amides is 2. The number of ether oxygens (including phenoxy) is 3. The quantitative estimate of drug-likeness (QED) is 0.109. The number of unbranched alkanes of at least 4 members (excludes halogenated alkanes) is 4. The number of benzene rings is 1. The number of esters is 2. The summed E-state index contributed by atoms with van der Waals surface area (Å²) in [6.07, 6.45) is 9.86. The molecule has 2 N–H and O–H groups in total. The summed E-state index contributed by atoms with van der Waals surface area (Å²) >= 11 is 0. The molecule has 0 bridgehead atoms. The lowest BCUT2D eigenvalue weighted by Crippen LogP contribution is -2.37. The maximum Gasteiger partial charge on any atom is 0.314 e. The van der Waals surface area contributed by atoms with E-state index in [0.717, 1.165) is 56.1 Å². The van der Waals surface area contributed by atoms with Crippen molar-refractivity contribution in [3.63, 3.8) is 0 Å². The molecule has 1 saturated heterocycles. The third-order valence-corrected chi connectivity index (χ3v) is 10.2. The van der Waals surface area contributed by atoms with Gasteiger partial charge in [0.15, 0.2) is 0 Å². The van der Waals surface area contributed by atoms with Gasteiger partial charge in [-0.25, -0.2) is 13.0 Å². The lowest BCUT2D eigenvalue weighted by atomic mass is 9.98. The summed E-state index contributed by atoms with van der Waals surface area (Å²) in [4.78, 5) is 49.1. The van der Waals surface area contributed by atoms with Crippen LogP contribution in [0.4, 0.5) is 5.69 Å². The number of hydrogen-bond donors (Lipinski definition) is 2. The van der Waals surface area contributed by atoms with Gasteiger partial charge < -0.3 is 24.8 Å². The van der Waals surface area contributed by atoms with Gasteiger partial charge in [0.05, 0.1) is 34.5 Å². The van der Waals surface area contributed by atoms with Crippen LogP contribution in [0.5, 0.6) is 0 Å². The van der Waals surface area contributed by atoms with Crippen molar-refractivity contribution in [3.05, 3.63) is 48.3 Å². The second kappa shape index (κ2) is 18.9. The van der Waals surface area contributed by atoms with Crippen LogP contribution in [-0.4, -0.2) is 81.5 Å². The number of carbonyl (C=O) groups excluding carboxylic acids is 4. The van der Waals surface area contributed by atoms with Crippen molar-refractivity contribution in [1.82, 2.24) is 19.2 Å². The highest BCUT2D eigenvalue weighted by atomic mass is 32.2. The minimum absolute atomic E-state index is 0.0234. The molecule has 1 aliphatic heterocycles. The zero-order valence-corrected chi connectivity index (χ0v) is 31.1. The molecule has 0 aliphatic carbocycles. The first-order chi connectivity index (χ1) is 24.3. The minimum Gasteiger partial charge on any atom is -0.428 e. The average molecular weight is 726 g/mol. The first-order valence-corrected chi connectivity index (χ1v) is 18.6. The molecule has 51 heavy (non-hydrogen) atoms. The Kier molecular flexibility index (Phi) is 14.7. The Balaban J connectivity index is 1.48. The molecule has 278 valence electrons. The average Bonchev–Trinajstić information content (AvgIpc) is 3.50. The van der Waals surface area contributed by atoms with E-state index in [2.05, 4.69) is 15.7 Å². The zero-order chi connectivity index (χ0) is 37.0. The van der Waals surface area contributed by atoms with Crippen LogP contribution in [0.2, 0.25) is 0 Å². The zero-order valence-electron chi connectivity index (χ0n) is 30.3. The van der Waals surface area contributed by atoms with Crippen LogP contribution in [0.3, 0.4) is 0 Å². The Morgan fingerprint density at radius 2 is 1.71 bits per heavy atom. The Morgan fingerprint density at radius 1 is 0.980 bits per heavy atom. The first kappa shape index (κ1) is 39.6. The topological polar surface area (TPSA) is 158 Å². The number of nitrogens with one attached hydrogen (secondary N) is 2. The molecular formula is C37H51N5O8S. The monoisotopic (exact) mass is 725 g/mol. The molecule has 1 unspecified atom stereocenters. The largest absolute Gasteiger partial charge is 0.428 e. The molecular weight excluding hydrogens is 675 g/mol. The number of nitrogens with zero attached hydrogens (tertiary/aromatic N) is 3. The molecule has 13 nitrogen and oxygen atoms in total. The molecule has 0 radical (unpaired) electrons. The van der Waals surface area contributed by atoms with Gasteiger partial charge in [-0.3, -0.25) is 19.2 Å². The smallest absolute Gasteiger partial charge is 0.314 e. The Morgan fingerprint density at radius 3 is 2.41 bits per heavy atom. The Bertz CT molecular complexity index is 1690. The molecule has 4 rings (SSSR count). The van der Waals surface area contributed by atoms with Crippen molar-refractivity contribution >= 4 is 45.9 Å². The lowest BCUT2D eigenvalue weighted by Gasteiger charge is -2.30. The van der Waals surface area contributed by atoms with E-state index in [1.165, 1.54) is 6.92 Å². The third kappa shape index (κ3) is 12.0. The van der Waals surface area contributed by atoms with Gasteiger partial charge in [-0.1, -0.05) is 25.3 Å². The standard InChI is InChI=1S/C37H51N5O8S/c1-26(43)38-17-10-8-6-7-9-11-34(44)40-29-12-13-31(33(23-29)51(47)41-18-15-30(48-5)16-19-41)27-14-20-42-32(21-27)28(24-39-42)22-35(45)49-25-50-36(46)37(2,3)4/h12-14,20-21,23-24,30H,6-11,15-19,22,25H2,1-5H3,(H,38,43)(H,40,44). The number of pyridine rings is 1. The van der Waals surface area contributed by atoms with Crippen LogP contribution in [0, 0.1) is 5.41 Å². The molecule has 2 aromatic heterocycles. The van der Waals surface area contributed by atoms with E-state index < -0.39 is 35.1 Å². The van der Waals surface area contributed by atoms with E-state index in [1.807, 2.05) is 28.6 Å². The molecule has 1 atom stereocenters. The normalized spacial score (nSPS) is 14.6. The van der Waals surface area contributed by atoms with Crippen LogP contribution in [0.25, 0.3) is 16.6 Å². The predicted molar refractivity (Wildman–Crippen MR) is 194 cm³/mol. The third-order valence-electron chi connectivity index (χ3n) is 8.65. The van der Waals surface area contributed by atoms with E-state index in [-0.39, 0.29) is 24.3 Å². The molecule has 14 heteroatoms. The number of aromatic nitrogens is 2. The maximum absolute atomic E-state index is 14.2. The van der Waals surface area contributed by atoms with E-state index in [1.54, 1.807) is 50.9 Å². The Hall–Kier alpha value is -4.14. The molecule has 0 spiro atoms. The molecule has 2 amide bonds. The summed E-state index contributed by atoms with van der Waals surface area (Å²) in [7, 11) is 0.164. The number of methoxy groups -OCH3 is 1. The summed E-state index contributed by atoms with van der Waals surface area (Å²) in [6, 6.07) is 9.21. The van der Waals surface area contributed by atoms with Crippen molar-refractivity contribution in [2.24, 2.45) is 5.41 Å². The van der Waals surface area contributed by atoms with E-state index in [0.29, 0.717) is 47.7 Å². The van der Waals surface area contributed by atoms with Gasteiger partial charge in [0.2, 0.25) is 18.6 Å². The summed E-state index contributed by atoms with van der Waals surface area (Å²) in [5.41, 5.74) is 2.63. The van der Waals surface area contributed by atoms with Crippen molar-refractivity contribution in [1.29, 1.82) is 0 Å². The van der Waals surface area contributed by atoms with Crippen molar-refractivity contribution < 1.29 is 37.6 Å². The SMILES string of the molecule is COC1CCN(S(=O)c2cc(NC(=O)CCCCCCCNC(C)=O)ccc2-c2ccn3ncc(CC(=O)OCOC(=O)C(C)(C)C)c3c2)CC1. The van der Waals surface area contributed by atoms with Gasteiger partial charge >= 0.3 is 11.9 Å². The van der Waals surface area contributed by atoms with Gasteiger partial charge in [0.25, 0.3) is 0 Å². The fraction of sp³-hybridized carbons (Fsp3) is 0.541. The summed E-state index contributed by atoms with van der Waals surface area (Å²) in [5, 5.41) is 10.2. The van der Waals surface area contributed by atoms with E-state index >= 15 is 0 Å². The van der Waals surface area contributed by atoms with Crippen molar-refractivity contribution in [3.8, 4) is 11.1 Å². The van der Waals surface area contributed by atoms with Gasteiger partial charge in [-0.15, -0.1) is 0 Å². The number of hydrogen-bond acceptors (Lipinski definition) is 9. The van der Waals surface area contributed by atoms with E-state index in [4.69, 9.17) is 14.2 Å². The number of anilines is 1. The molecule has 0 saturated carbocycles. The number of piperidine rings is 1. The fourth-order valence-corrected chi connectivity index (χ4v) is 7.11. The summed E-state index contributed by atoms with van der Waals surface area (Å²) in [6.45, 7) is 8.05. The maximum atomic E-state index is 14.2. The lowest BCUT2D eigenvalue weighted by molar-refractivity contribution is -0.172. The van der Waals surface area contributed by atoms with Crippen molar-refractivity contribution in [2.45, 2.75) is 96.5 Å². The fourth-order valence-electron chi connectivity index (χ4n) is 5.69. The second-order valence-electron chi connectivity index (χ2n) is 13.8. The predicted octanol–water partition coefficient (Wildman–Crippen LogP) is 5.18. The van der Waals surface area contributed by atoms with Gasteiger partial charge in [-0.05, 0) is 81.8 Å². The first-order valence-electron chi connectivity index (χ1n) is 17.5. The van der Waals surface area contributed by atoms with Crippen LogP contribution in [0.1, 0.15) is 84.6 Å².